The summed E-state index contributed by atoms with van der Waals surface area (Å²) in [6, 6.07) is 15.8. The number of aryl methyl sites for hydroxylation is 1. The van der Waals surface area contributed by atoms with Crippen molar-refractivity contribution in [2.24, 2.45) is 5.92 Å². The van der Waals surface area contributed by atoms with Gasteiger partial charge in [-0.25, -0.2) is 0 Å². The Hall–Kier alpha value is -3.35. The second kappa shape index (κ2) is 11.7. The lowest BCUT2D eigenvalue weighted by atomic mass is 10.0. The third kappa shape index (κ3) is 7.44. The number of rotatable bonds is 10. The largest absolute Gasteiger partial charge is 0.484 e. The average molecular weight is 426 g/mol. The predicted octanol–water partition coefficient (Wildman–Crippen LogP) is 2.87. The van der Waals surface area contributed by atoms with Gasteiger partial charge in [0.1, 0.15) is 11.8 Å². The molecule has 0 aliphatic heterocycles. The topological polar surface area (TPSA) is 87.7 Å². The van der Waals surface area contributed by atoms with Crippen LogP contribution in [0.15, 0.2) is 54.6 Å². The fourth-order valence-electron chi connectivity index (χ4n) is 3.07. The standard InChI is InChI=1S/C24H31N3O4/c1-5-18-11-9-10-14-20(18)25-21(28)15-27(4)24(30)23(17(2)3)26-22(29)16-31-19-12-7-6-8-13-19/h6-14,17,23H,5,15-16H2,1-4H3,(H,25,28)(H,26,29). The summed E-state index contributed by atoms with van der Waals surface area (Å²) in [5.41, 5.74) is 1.76. The summed E-state index contributed by atoms with van der Waals surface area (Å²) in [7, 11) is 1.55. The molecule has 2 aromatic rings. The van der Waals surface area contributed by atoms with Gasteiger partial charge in [0.25, 0.3) is 5.91 Å². The van der Waals surface area contributed by atoms with Crippen LogP contribution in [0.3, 0.4) is 0 Å². The Morgan fingerprint density at radius 1 is 0.968 bits per heavy atom. The predicted molar refractivity (Wildman–Crippen MR) is 121 cm³/mol. The van der Waals surface area contributed by atoms with Crippen LogP contribution in [0.2, 0.25) is 0 Å². The van der Waals surface area contributed by atoms with Crippen molar-refractivity contribution >= 4 is 23.4 Å². The van der Waals surface area contributed by atoms with Crippen molar-refractivity contribution in [1.29, 1.82) is 0 Å². The second-order valence-electron chi connectivity index (χ2n) is 7.64. The van der Waals surface area contributed by atoms with Crippen molar-refractivity contribution in [2.45, 2.75) is 33.2 Å². The molecular formula is C24H31N3O4. The molecule has 0 heterocycles. The molecule has 7 heteroatoms. The number of carbonyl (C=O) groups excluding carboxylic acids is 3. The number of ether oxygens (including phenoxy) is 1. The molecular weight excluding hydrogens is 394 g/mol. The molecule has 0 aromatic heterocycles. The molecule has 2 N–H and O–H groups in total. The van der Waals surface area contributed by atoms with Gasteiger partial charge in [-0.05, 0) is 36.1 Å². The van der Waals surface area contributed by atoms with Crippen molar-refractivity contribution in [3.63, 3.8) is 0 Å². The number of hydrogen-bond donors (Lipinski definition) is 2. The number of hydrogen-bond acceptors (Lipinski definition) is 4. The van der Waals surface area contributed by atoms with Crippen LogP contribution >= 0.6 is 0 Å². The molecule has 0 fully saturated rings. The number of carbonyl (C=O) groups is 3. The molecule has 1 atom stereocenters. The Morgan fingerprint density at radius 3 is 2.26 bits per heavy atom. The van der Waals surface area contributed by atoms with E-state index in [9.17, 15) is 14.4 Å². The summed E-state index contributed by atoms with van der Waals surface area (Å²) in [5, 5.41) is 5.58. The summed E-state index contributed by atoms with van der Waals surface area (Å²) >= 11 is 0. The zero-order valence-electron chi connectivity index (χ0n) is 18.6. The molecule has 0 bridgehead atoms. The SMILES string of the molecule is CCc1ccccc1NC(=O)CN(C)C(=O)C(NC(=O)COc1ccccc1)C(C)C. The van der Waals surface area contributed by atoms with Crippen molar-refractivity contribution in [2.75, 3.05) is 25.5 Å². The molecule has 0 saturated heterocycles. The first-order valence-electron chi connectivity index (χ1n) is 10.4. The molecule has 1 unspecified atom stereocenters. The van der Waals surface area contributed by atoms with Gasteiger partial charge in [-0.2, -0.15) is 0 Å². The maximum atomic E-state index is 12.9. The second-order valence-corrected chi connectivity index (χ2v) is 7.64. The zero-order chi connectivity index (χ0) is 22.8. The van der Waals surface area contributed by atoms with E-state index < -0.39 is 11.9 Å². The number of benzene rings is 2. The fourth-order valence-corrected chi connectivity index (χ4v) is 3.07. The van der Waals surface area contributed by atoms with Crippen LogP contribution in [-0.4, -0.2) is 48.9 Å². The fraction of sp³-hybridized carbons (Fsp3) is 0.375. The summed E-state index contributed by atoms with van der Waals surface area (Å²) in [6.07, 6.45) is 0.789. The van der Waals surface area contributed by atoms with Gasteiger partial charge in [0.05, 0.1) is 6.54 Å². The Labute approximate surface area is 183 Å². The molecule has 0 aliphatic rings. The monoisotopic (exact) mass is 425 g/mol. The quantitative estimate of drug-likeness (QED) is 0.613. The van der Waals surface area contributed by atoms with Crippen molar-refractivity contribution in [3.05, 3.63) is 60.2 Å². The van der Waals surface area contributed by atoms with Crippen LogP contribution in [-0.2, 0) is 20.8 Å². The summed E-state index contributed by atoms with van der Waals surface area (Å²) in [5.74, 6) is -0.601. The molecule has 2 aromatic carbocycles. The van der Waals surface area contributed by atoms with Gasteiger partial charge in [-0.1, -0.05) is 57.2 Å². The highest BCUT2D eigenvalue weighted by atomic mass is 16.5. The van der Waals surface area contributed by atoms with Crippen LogP contribution in [0.1, 0.15) is 26.3 Å². The zero-order valence-corrected chi connectivity index (χ0v) is 18.6. The number of para-hydroxylation sites is 2. The molecule has 0 saturated carbocycles. The van der Waals surface area contributed by atoms with Gasteiger partial charge in [0, 0.05) is 12.7 Å². The highest BCUT2D eigenvalue weighted by Gasteiger charge is 2.28. The number of nitrogens with zero attached hydrogens (tertiary/aromatic N) is 1. The first-order chi connectivity index (χ1) is 14.8. The van der Waals surface area contributed by atoms with Gasteiger partial charge in [-0.15, -0.1) is 0 Å². The Bertz CT molecular complexity index is 883. The molecule has 0 aliphatic carbocycles. The van der Waals surface area contributed by atoms with Gasteiger partial charge in [0.2, 0.25) is 11.8 Å². The Kier molecular flexibility index (Phi) is 9.06. The first-order valence-corrected chi connectivity index (χ1v) is 10.4. The van der Waals surface area contributed by atoms with Gasteiger partial charge in [0.15, 0.2) is 6.61 Å². The van der Waals surface area contributed by atoms with Gasteiger partial charge in [-0.3, -0.25) is 14.4 Å². The molecule has 0 radical (unpaired) electrons. The minimum Gasteiger partial charge on any atom is -0.484 e. The van der Waals surface area contributed by atoms with Gasteiger partial charge < -0.3 is 20.3 Å². The Morgan fingerprint density at radius 2 is 1.61 bits per heavy atom. The molecule has 0 spiro atoms. The number of nitrogens with one attached hydrogen (secondary N) is 2. The van der Waals surface area contributed by atoms with E-state index in [1.54, 1.807) is 19.2 Å². The van der Waals surface area contributed by atoms with Crippen molar-refractivity contribution in [3.8, 4) is 5.75 Å². The van der Waals surface area contributed by atoms with Crippen LogP contribution < -0.4 is 15.4 Å². The van der Waals surface area contributed by atoms with E-state index in [1.165, 1.54) is 4.90 Å². The highest BCUT2D eigenvalue weighted by Crippen LogP contribution is 2.15. The molecule has 3 amide bonds. The van der Waals surface area contributed by atoms with Crippen LogP contribution in [0, 0.1) is 5.92 Å². The first kappa shape index (κ1) is 23.9. The third-order valence-corrected chi connectivity index (χ3v) is 4.79. The van der Waals surface area contributed by atoms with E-state index >= 15 is 0 Å². The number of amides is 3. The normalized spacial score (nSPS) is 11.5. The summed E-state index contributed by atoms with van der Waals surface area (Å²) in [6.45, 7) is 5.38. The maximum absolute atomic E-state index is 12.9. The maximum Gasteiger partial charge on any atom is 0.258 e. The van der Waals surface area contributed by atoms with E-state index in [4.69, 9.17) is 4.74 Å². The summed E-state index contributed by atoms with van der Waals surface area (Å²) in [4.78, 5) is 39.0. The lowest BCUT2D eigenvalue weighted by Gasteiger charge is -2.27. The minimum atomic E-state index is -0.757. The van der Waals surface area contributed by atoms with Crippen LogP contribution in [0.5, 0.6) is 5.75 Å². The number of likely N-dealkylation sites (N-methyl/N-ethyl adjacent to an activating group) is 1. The average Bonchev–Trinajstić information content (AvgIpc) is 2.76. The van der Waals surface area contributed by atoms with E-state index in [1.807, 2.05) is 63.2 Å². The van der Waals surface area contributed by atoms with E-state index in [0.29, 0.717) is 5.75 Å². The highest BCUT2D eigenvalue weighted by molar-refractivity contribution is 5.96. The van der Waals surface area contributed by atoms with Crippen LogP contribution in [0.25, 0.3) is 0 Å². The number of anilines is 1. The lowest BCUT2D eigenvalue weighted by Crippen LogP contribution is -2.52. The lowest BCUT2D eigenvalue weighted by molar-refractivity contribution is -0.138. The van der Waals surface area contributed by atoms with Crippen molar-refractivity contribution in [1.82, 2.24) is 10.2 Å². The third-order valence-electron chi connectivity index (χ3n) is 4.79. The molecule has 2 rings (SSSR count). The molecule has 31 heavy (non-hydrogen) atoms. The Balaban J connectivity index is 1.92. The molecule has 166 valence electrons. The van der Waals surface area contributed by atoms with Crippen LogP contribution in [0.4, 0.5) is 5.69 Å². The van der Waals surface area contributed by atoms with E-state index in [0.717, 1.165) is 17.7 Å². The van der Waals surface area contributed by atoms with Gasteiger partial charge >= 0.3 is 0 Å². The minimum absolute atomic E-state index is 0.115. The molecule has 7 nitrogen and oxygen atoms in total. The van der Waals surface area contributed by atoms with E-state index in [-0.39, 0.29) is 30.9 Å². The smallest absolute Gasteiger partial charge is 0.258 e. The van der Waals surface area contributed by atoms with Crippen molar-refractivity contribution < 1.29 is 19.1 Å². The summed E-state index contributed by atoms with van der Waals surface area (Å²) < 4.78 is 5.44. The van der Waals surface area contributed by atoms with E-state index in [2.05, 4.69) is 10.6 Å².